The van der Waals surface area contributed by atoms with E-state index in [1.54, 1.807) is 18.9 Å². The smallest absolute Gasteiger partial charge is 0.303 e. The monoisotopic (exact) mass is 338 g/mol. The van der Waals surface area contributed by atoms with Crippen molar-refractivity contribution in [1.82, 2.24) is 0 Å². The molecule has 0 fully saturated rings. The molecule has 0 aliphatic carbocycles. The fourth-order valence-electron chi connectivity index (χ4n) is 2.86. The summed E-state index contributed by atoms with van der Waals surface area (Å²) in [7, 11) is 1.66. The molecule has 130 valence electrons. The van der Waals surface area contributed by atoms with Gasteiger partial charge in [-0.2, -0.15) is 0 Å². The minimum atomic E-state index is -0.738. The van der Waals surface area contributed by atoms with Crippen molar-refractivity contribution in [2.45, 2.75) is 69.6 Å². The van der Waals surface area contributed by atoms with Gasteiger partial charge in [-0.3, -0.25) is 4.79 Å². The van der Waals surface area contributed by atoms with Crippen LogP contribution in [0.4, 0.5) is 0 Å². The molecule has 1 unspecified atom stereocenters. The second-order valence-electron chi connectivity index (χ2n) is 5.83. The summed E-state index contributed by atoms with van der Waals surface area (Å²) in [5, 5.41) is 9.24. The normalized spacial score (nSPS) is 12.1. The van der Waals surface area contributed by atoms with E-state index in [-0.39, 0.29) is 12.3 Å². The maximum atomic E-state index is 11.2. The number of carboxylic acid groups (broad SMARTS) is 1. The Hall–Kier alpha value is -1.16. The minimum Gasteiger partial charge on any atom is -0.496 e. The van der Waals surface area contributed by atoms with Gasteiger partial charge in [-0.1, -0.05) is 52.0 Å². The predicted octanol–water partition coefficient (Wildman–Crippen LogP) is 5.73. The lowest BCUT2D eigenvalue weighted by Crippen LogP contribution is -2.08. The van der Waals surface area contributed by atoms with E-state index in [0.29, 0.717) is 0 Å². The lowest BCUT2D eigenvalue weighted by atomic mass is 9.89. The molecule has 0 saturated heterocycles. The molecule has 0 aliphatic rings. The van der Waals surface area contributed by atoms with Crippen molar-refractivity contribution in [1.29, 1.82) is 0 Å². The van der Waals surface area contributed by atoms with E-state index in [1.807, 2.05) is 6.07 Å². The fourth-order valence-corrected chi connectivity index (χ4v) is 3.55. The summed E-state index contributed by atoms with van der Waals surface area (Å²) < 4.78 is 5.53. The van der Waals surface area contributed by atoms with Crippen LogP contribution in [0.2, 0.25) is 0 Å². The Balaban J connectivity index is 2.81. The van der Waals surface area contributed by atoms with Gasteiger partial charge in [0.2, 0.25) is 0 Å². The number of unbranched alkanes of at least 4 members (excludes halogenated alkanes) is 4. The minimum absolute atomic E-state index is 0.0322. The van der Waals surface area contributed by atoms with Gasteiger partial charge in [0.15, 0.2) is 0 Å². The third kappa shape index (κ3) is 7.30. The van der Waals surface area contributed by atoms with Gasteiger partial charge in [0.25, 0.3) is 0 Å². The molecule has 0 radical (unpaired) electrons. The van der Waals surface area contributed by atoms with Crippen LogP contribution >= 0.6 is 11.8 Å². The Morgan fingerprint density at radius 2 is 1.96 bits per heavy atom. The van der Waals surface area contributed by atoms with Crippen molar-refractivity contribution >= 4 is 17.7 Å². The van der Waals surface area contributed by atoms with Crippen LogP contribution in [0.1, 0.15) is 70.3 Å². The molecular weight excluding hydrogens is 308 g/mol. The highest BCUT2D eigenvalue weighted by molar-refractivity contribution is 7.99. The van der Waals surface area contributed by atoms with E-state index in [4.69, 9.17) is 4.74 Å². The average molecular weight is 339 g/mol. The summed E-state index contributed by atoms with van der Waals surface area (Å²) in [4.78, 5) is 12.4. The van der Waals surface area contributed by atoms with Crippen molar-refractivity contribution in [3.8, 4) is 5.75 Å². The molecule has 1 rings (SSSR count). The molecule has 1 N–H and O–H groups in total. The second kappa shape index (κ2) is 11.4. The molecular formula is C19H30O3S. The maximum absolute atomic E-state index is 11.2. The number of benzene rings is 1. The number of carboxylic acids is 1. The summed E-state index contributed by atoms with van der Waals surface area (Å²) in [6.07, 6.45) is 7.05. The SMILES string of the molecule is CCCCCCCC(CC(=O)O)c1ccc(SCC)cc1OC. The molecule has 3 nitrogen and oxygen atoms in total. The molecule has 0 aliphatic heterocycles. The first-order valence-corrected chi connectivity index (χ1v) is 9.63. The molecule has 1 aromatic rings. The van der Waals surface area contributed by atoms with E-state index in [0.717, 1.165) is 29.9 Å². The van der Waals surface area contributed by atoms with E-state index in [9.17, 15) is 9.90 Å². The Bertz CT molecular complexity index is 474. The van der Waals surface area contributed by atoms with Crippen LogP contribution in [-0.2, 0) is 4.79 Å². The summed E-state index contributed by atoms with van der Waals surface area (Å²) in [6.45, 7) is 4.32. The summed E-state index contributed by atoms with van der Waals surface area (Å²) in [6, 6.07) is 6.17. The zero-order chi connectivity index (χ0) is 17.1. The number of methoxy groups -OCH3 is 1. The van der Waals surface area contributed by atoms with Gasteiger partial charge in [-0.25, -0.2) is 0 Å². The summed E-state index contributed by atoms with van der Waals surface area (Å²) in [5.74, 6) is 1.13. The molecule has 23 heavy (non-hydrogen) atoms. The van der Waals surface area contributed by atoms with Gasteiger partial charge in [-0.05, 0) is 35.8 Å². The van der Waals surface area contributed by atoms with Crippen LogP contribution in [0.5, 0.6) is 5.75 Å². The molecule has 0 spiro atoms. The van der Waals surface area contributed by atoms with Crippen molar-refractivity contribution in [2.75, 3.05) is 12.9 Å². The zero-order valence-corrected chi connectivity index (χ0v) is 15.5. The molecule has 0 heterocycles. The maximum Gasteiger partial charge on any atom is 0.303 e. The standard InChI is InChI=1S/C19H30O3S/c1-4-6-7-8-9-10-15(13-19(20)21)17-12-11-16(23-5-2)14-18(17)22-3/h11-12,14-15H,4-10,13H2,1-3H3,(H,20,21). The number of rotatable bonds is 12. The van der Waals surface area contributed by atoms with Crippen LogP contribution in [0, 0.1) is 0 Å². The highest BCUT2D eigenvalue weighted by Crippen LogP contribution is 2.35. The van der Waals surface area contributed by atoms with Crippen molar-refractivity contribution in [3.05, 3.63) is 23.8 Å². The molecule has 0 bridgehead atoms. The first-order chi connectivity index (χ1) is 11.1. The third-order valence-electron chi connectivity index (χ3n) is 4.03. The first kappa shape index (κ1) is 19.9. The van der Waals surface area contributed by atoms with E-state index < -0.39 is 5.97 Å². The second-order valence-corrected chi connectivity index (χ2v) is 7.17. The molecule has 1 atom stereocenters. The summed E-state index contributed by atoms with van der Waals surface area (Å²) in [5.41, 5.74) is 1.03. The van der Waals surface area contributed by atoms with E-state index >= 15 is 0 Å². The molecule has 0 saturated carbocycles. The van der Waals surface area contributed by atoms with Gasteiger partial charge in [0.05, 0.1) is 13.5 Å². The van der Waals surface area contributed by atoms with Crippen LogP contribution < -0.4 is 4.74 Å². The molecule has 1 aromatic carbocycles. The van der Waals surface area contributed by atoms with Crippen LogP contribution in [0.15, 0.2) is 23.1 Å². The third-order valence-corrected chi connectivity index (χ3v) is 4.91. The number of hydrogen-bond donors (Lipinski definition) is 1. The lowest BCUT2D eigenvalue weighted by Gasteiger charge is -2.19. The van der Waals surface area contributed by atoms with Crippen LogP contribution in [0.3, 0.4) is 0 Å². The highest BCUT2D eigenvalue weighted by atomic mass is 32.2. The Morgan fingerprint density at radius 1 is 1.22 bits per heavy atom. The zero-order valence-electron chi connectivity index (χ0n) is 14.6. The quantitative estimate of drug-likeness (QED) is 0.391. The van der Waals surface area contributed by atoms with Crippen molar-refractivity contribution in [2.24, 2.45) is 0 Å². The highest BCUT2D eigenvalue weighted by Gasteiger charge is 2.19. The van der Waals surface area contributed by atoms with Gasteiger partial charge < -0.3 is 9.84 Å². The largest absolute Gasteiger partial charge is 0.496 e. The van der Waals surface area contributed by atoms with Crippen molar-refractivity contribution < 1.29 is 14.6 Å². The van der Waals surface area contributed by atoms with Gasteiger partial charge in [0.1, 0.15) is 5.75 Å². The molecule has 0 amide bonds. The average Bonchev–Trinajstić information content (AvgIpc) is 2.53. The molecule has 0 aromatic heterocycles. The van der Waals surface area contributed by atoms with Crippen LogP contribution in [-0.4, -0.2) is 23.9 Å². The van der Waals surface area contributed by atoms with E-state index in [1.165, 1.54) is 30.6 Å². The van der Waals surface area contributed by atoms with Crippen LogP contribution in [0.25, 0.3) is 0 Å². The number of ether oxygens (including phenoxy) is 1. The van der Waals surface area contributed by atoms with Gasteiger partial charge in [0, 0.05) is 4.90 Å². The predicted molar refractivity (Wildman–Crippen MR) is 97.8 cm³/mol. The van der Waals surface area contributed by atoms with Gasteiger partial charge in [-0.15, -0.1) is 11.8 Å². The Morgan fingerprint density at radius 3 is 2.57 bits per heavy atom. The lowest BCUT2D eigenvalue weighted by molar-refractivity contribution is -0.137. The van der Waals surface area contributed by atoms with Gasteiger partial charge >= 0.3 is 5.97 Å². The first-order valence-electron chi connectivity index (χ1n) is 8.64. The Labute approximate surface area is 144 Å². The number of carbonyl (C=O) groups is 1. The summed E-state index contributed by atoms with van der Waals surface area (Å²) >= 11 is 1.77. The molecule has 4 heteroatoms. The van der Waals surface area contributed by atoms with Crippen molar-refractivity contribution in [3.63, 3.8) is 0 Å². The Kier molecular flexibility index (Phi) is 9.85. The topological polar surface area (TPSA) is 46.5 Å². The number of aliphatic carboxylic acids is 1. The fraction of sp³-hybridized carbons (Fsp3) is 0.632. The van der Waals surface area contributed by atoms with E-state index in [2.05, 4.69) is 26.0 Å². The number of thioether (sulfide) groups is 1. The number of hydrogen-bond acceptors (Lipinski definition) is 3.